The average Bonchev–Trinajstić information content (AvgIpc) is 2.24. The molecule has 0 spiro atoms. The van der Waals surface area contributed by atoms with E-state index >= 15 is 0 Å². The molecular weight excluding hydrogens is 220 g/mol. The molecule has 1 heterocycles. The zero-order valence-corrected chi connectivity index (χ0v) is 10.4. The zero-order chi connectivity index (χ0) is 13.1. The van der Waals surface area contributed by atoms with Gasteiger partial charge in [-0.25, -0.2) is 4.79 Å². The van der Waals surface area contributed by atoms with E-state index in [1.807, 2.05) is 20.8 Å². The van der Waals surface area contributed by atoms with Crippen LogP contribution in [-0.4, -0.2) is 18.6 Å². The molecule has 0 bridgehead atoms. The van der Waals surface area contributed by atoms with Crippen LogP contribution in [0.25, 0.3) is 0 Å². The zero-order valence-electron chi connectivity index (χ0n) is 10.4. The molecule has 5 heteroatoms. The lowest BCUT2D eigenvalue weighted by atomic mass is 9.91. The van der Waals surface area contributed by atoms with E-state index in [1.165, 1.54) is 0 Å². The van der Waals surface area contributed by atoms with Crippen LogP contribution in [0.4, 0.5) is 4.79 Å². The quantitative estimate of drug-likeness (QED) is 0.732. The third-order valence-corrected chi connectivity index (χ3v) is 2.69. The number of nitrogens with one attached hydrogen (secondary N) is 2. The van der Waals surface area contributed by atoms with Gasteiger partial charge in [0.1, 0.15) is 6.61 Å². The van der Waals surface area contributed by atoms with E-state index in [-0.39, 0.29) is 18.6 Å². The van der Waals surface area contributed by atoms with Gasteiger partial charge >= 0.3 is 12.0 Å². The lowest BCUT2D eigenvalue weighted by molar-refractivity contribution is -0.153. The van der Waals surface area contributed by atoms with Crippen molar-refractivity contribution in [2.75, 3.05) is 6.61 Å². The first-order chi connectivity index (χ1) is 7.85. The third kappa shape index (κ3) is 3.62. The Morgan fingerprint density at radius 1 is 1.47 bits per heavy atom. The van der Waals surface area contributed by atoms with Gasteiger partial charge in [0.2, 0.25) is 0 Å². The van der Waals surface area contributed by atoms with E-state index < -0.39 is 5.41 Å². The maximum Gasteiger partial charge on any atom is 0.323 e. The molecule has 2 amide bonds. The van der Waals surface area contributed by atoms with E-state index in [0.717, 1.165) is 0 Å². The van der Waals surface area contributed by atoms with Crippen molar-refractivity contribution < 1.29 is 14.3 Å². The van der Waals surface area contributed by atoms with E-state index in [4.69, 9.17) is 4.74 Å². The second-order valence-corrected chi connectivity index (χ2v) is 4.59. The number of ether oxygens (including phenoxy) is 1. The van der Waals surface area contributed by atoms with Crippen LogP contribution >= 0.6 is 0 Å². The summed E-state index contributed by atoms with van der Waals surface area (Å²) >= 11 is 0. The second-order valence-electron chi connectivity index (χ2n) is 4.59. The number of hydrogen-bond donors (Lipinski definition) is 2. The van der Waals surface area contributed by atoms with Gasteiger partial charge in [0.15, 0.2) is 0 Å². The third-order valence-electron chi connectivity index (χ3n) is 2.69. The topological polar surface area (TPSA) is 67.4 Å². The fourth-order valence-electron chi connectivity index (χ4n) is 1.17. The van der Waals surface area contributed by atoms with Gasteiger partial charge in [-0.2, -0.15) is 0 Å². The van der Waals surface area contributed by atoms with Crippen LogP contribution in [0.3, 0.4) is 0 Å². The normalized spacial score (nSPS) is 15.8. The van der Waals surface area contributed by atoms with Crippen molar-refractivity contribution in [2.45, 2.75) is 27.2 Å². The Balaban J connectivity index is 2.54. The van der Waals surface area contributed by atoms with Gasteiger partial charge in [0.25, 0.3) is 0 Å². The van der Waals surface area contributed by atoms with Crippen molar-refractivity contribution in [3.63, 3.8) is 0 Å². The number of urea groups is 1. The molecule has 94 valence electrons. The Morgan fingerprint density at radius 2 is 2.12 bits per heavy atom. The van der Waals surface area contributed by atoms with Gasteiger partial charge in [0, 0.05) is 5.70 Å². The summed E-state index contributed by atoms with van der Waals surface area (Å²) in [6.45, 7) is 9.24. The van der Waals surface area contributed by atoms with Crippen LogP contribution in [0, 0.1) is 5.41 Å². The summed E-state index contributed by atoms with van der Waals surface area (Å²) in [5.74, 6) is -0.278. The van der Waals surface area contributed by atoms with Gasteiger partial charge < -0.3 is 15.4 Å². The number of carbonyl (C=O) groups excluding carboxylic acids is 2. The standard InChI is InChI=1S/C12H18N2O3/c1-5-12(3,4)10(15)17-7-9-6-8(2)13-11(16)14-9/h6H,2,5,7H2,1,3-4H3,(H2,13,14,16). The first kappa shape index (κ1) is 13.3. The van der Waals surface area contributed by atoms with Gasteiger partial charge in [-0.05, 0) is 26.3 Å². The van der Waals surface area contributed by atoms with Gasteiger partial charge in [0.05, 0.1) is 11.1 Å². The number of carbonyl (C=O) groups is 2. The predicted molar refractivity (Wildman–Crippen MR) is 63.9 cm³/mol. The molecule has 2 N–H and O–H groups in total. The summed E-state index contributed by atoms with van der Waals surface area (Å²) in [6, 6.07) is -0.363. The molecule has 0 aliphatic carbocycles. The molecule has 0 aromatic heterocycles. The van der Waals surface area contributed by atoms with Gasteiger partial charge in [-0.3, -0.25) is 4.79 Å². The average molecular weight is 238 g/mol. The predicted octanol–water partition coefficient (Wildman–Crippen LogP) is 1.68. The molecule has 1 aliphatic rings. The summed E-state index contributed by atoms with van der Waals surface area (Å²) in [5.41, 5.74) is 0.502. The summed E-state index contributed by atoms with van der Waals surface area (Å²) in [5, 5.41) is 5.02. The minimum Gasteiger partial charge on any atom is -0.459 e. The molecule has 0 radical (unpaired) electrons. The first-order valence-electron chi connectivity index (χ1n) is 5.50. The number of amides is 2. The molecule has 0 aromatic carbocycles. The Morgan fingerprint density at radius 3 is 2.65 bits per heavy atom. The van der Waals surface area contributed by atoms with Crippen LogP contribution in [0.15, 0.2) is 24.0 Å². The van der Waals surface area contributed by atoms with Crippen molar-refractivity contribution in [3.8, 4) is 0 Å². The van der Waals surface area contributed by atoms with Crippen molar-refractivity contribution in [3.05, 3.63) is 24.0 Å². The fraction of sp³-hybridized carbons (Fsp3) is 0.500. The van der Waals surface area contributed by atoms with Gasteiger partial charge in [-0.1, -0.05) is 13.5 Å². The first-order valence-corrected chi connectivity index (χ1v) is 5.50. The molecule has 0 saturated carbocycles. The second kappa shape index (κ2) is 5.03. The van der Waals surface area contributed by atoms with Crippen molar-refractivity contribution in [2.24, 2.45) is 5.41 Å². The Kier molecular flexibility index (Phi) is 3.93. The fourth-order valence-corrected chi connectivity index (χ4v) is 1.17. The number of rotatable bonds is 4. The number of esters is 1. The summed E-state index contributed by atoms with van der Waals surface area (Å²) in [6.07, 6.45) is 2.33. The van der Waals surface area contributed by atoms with Crippen molar-refractivity contribution in [1.29, 1.82) is 0 Å². The highest BCUT2D eigenvalue weighted by Crippen LogP contribution is 2.21. The van der Waals surface area contributed by atoms with Crippen molar-refractivity contribution in [1.82, 2.24) is 10.6 Å². The summed E-state index contributed by atoms with van der Waals surface area (Å²) in [7, 11) is 0. The monoisotopic (exact) mass is 238 g/mol. The van der Waals surface area contributed by atoms with Gasteiger partial charge in [-0.15, -0.1) is 0 Å². The van der Waals surface area contributed by atoms with Crippen LogP contribution in [0.2, 0.25) is 0 Å². The molecular formula is C12H18N2O3. The van der Waals surface area contributed by atoms with E-state index in [9.17, 15) is 9.59 Å². The van der Waals surface area contributed by atoms with E-state index in [0.29, 0.717) is 17.8 Å². The Hall–Kier alpha value is -1.78. The lowest BCUT2D eigenvalue weighted by Gasteiger charge is -2.22. The van der Waals surface area contributed by atoms with Crippen LogP contribution in [0.1, 0.15) is 27.2 Å². The Labute approximate surface area is 101 Å². The van der Waals surface area contributed by atoms with Crippen LogP contribution in [0.5, 0.6) is 0 Å². The molecule has 0 aromatic rings. The number of hydrogen-bond acceptors (Lipinski definition) is 3. The molecule has 5 nitrogen and oxygen atoms in total. The maximum absolute atomic E-state index is 11.7. The Bertz CT molecular complexity index is 383. The summed E-state index contributed by atoms with van der Waals surface area (Å²) < 4.78 is 5.14. The van der Waals surface area contributed by atoms with Crippen LogP contribution < -0.4 is 10.6 Å². The highest BCUT2D eigenvalue weighted by atomic mass is 16.5. The van der Waals surface area contributed by atoms with Crippen molar-refractivity contribution >= 4 is 12.0 Å². The molecule has 0 fully saturated rings. The van der Waals surface area contributed by atoms with E-state index in [2.05, 4.69) is 17.2 Å². The SMILES string of the molecule is C=C1C=C(COC(=O)C(C)(C)CC)NC(=O)N1. The smallest absolute Gasteiger partial charge is 0.323 e. The number of allylic oxidation sites excluding steroid dienone is 1. The summed E-state index contributed by atoms with van der Waals surface area (Å²) in [4.78, 5) is 22.8. The minimum absolute atomic E-state index is 0.0503. The van der Waals surface area contributed by atoms with Crippen LogP contribution in [-0.2, 0) is 9.53 Å². The molecule has 17 heavy (non-hydrogen) atoms. The largest absolute Gasteiger partial charge is 0.459 e. The molecule has 1 rings (SSSR count). The lowest BCUT2D eigenvalue weighted by Crippen LogP contribution is -2.39. The molecule has 1 aliphatic heterocycles. The highest BCUT2D eigenvalue weighted by Gasteiger charge is 2.27. The molecule has 0 unspecified atom stereocenters. The van der Waals surface area contributed by atoms with E-state index in [1.54, 1.807) is 6.08 Å². The molecule has 0 atom stereocenters. The maximum atomic E-state index is 11.7. The molecule has 0 saturated heterocycles. The highest BCUT2D eigenvalue weighted by molar-refractivity contribution is 5.80. The minimum atomic E-state index is -0.505.